The molecule has 3 heteroatoms. The summed E-state index contributed by atoms with van der Waals surface area (Å²) in [6, 6.07) is 12.5. The van der Waals surface area contributed by atoms with Crippen molar-refractivity contribution in [3.05, 3.63) is 53.9 Å². The van der Waals surface area contributed by atoms with Gasteiger partial charge in [0.2, 0.25) is 5.69 Å². The molecular weight excluding hydrogens is 290 g/mol. The van der Waals surface area contributed by atoms with Gasteiger partial charge >= 0.3 is 0 Å². The molecule has 0 fully saturated rings. The number of hydrogen-bond donors (Lipinski definition) is 0. The molecule has 2 aromatic rings. The summed E-state index contributed by atoms with van der Waals surface area (Å²) >= 11 is 0. The van der Waals surface area contributed by atoms with Crippen LogP contribution >= 0.6 is 0 Å². The molecule has 0 saturated heterocycles. The van der Waals surface area contributed by atoms with E-state index >= 15 is 0 Å². The van der Waals surface area contributed by atoms with E-state index in [4.69, 9.17) is 4.74 Å². The number of benzene rings is 1. The van der Waals surface area contributed by atoms with Gasteiger partial charge < -0.3 is 21.7 Å². The van der Waals surface area contributed by atoms with Crippen LogP contribution in [0.4, 0.5) is 0 Å². The number of aryl methyl sites for hydroxylation is 2. The highest BCUT2D eigenvalue weighted by atomic mass is 79.9. The molecule has 0 aliphatic carbocycles. The fourth-order valence-electron chi connectivity index (χ4n) is 1.92. The van der Waals surface area contributed by atoms with E-state index in [1.54, 1.807) is 0 Å². The van der Waals surface area contributed by atoms with Crippen LogP contribution in [0.2, 0.25) is 0 Å². The normalized spacial score (nSPS) is 9.72. The predicted molar refractivity (Wildman–Crippen MR) is 68.6 cm³/mol. The van der Waals surface area contributed by atoms with Gasteiger partial charge in [0.1, 0.15) is 5.75 Å². The van der Waals surface area contributed by atoms with E-state index in [1.807, 2.05) is 19.1 Å². The number of aromatic nitrogens is 1. The molecule has 0 aliphatic rings. The zero-order valence-corrected chi connectivity index (χ0v) is 12.6. The smallest absolute Gasteiger partial charge is 0.211 e. The predicted octanol–water partition coefficient (Wildman–Crippen LogP) is -0.0172. The molecule has 1 aromatic heterocycles. The average Bonchev–Trinajstić information content (AvgIpc) is 2.31. The summed E-state index contributed by atoms with van der Waals surface area (Å²) in [5.41, 5.74) is 3.67. The number of rotatable bonds is 3. The van der Waals surface area contributed by atoms with Crippen LogP contribution < -0.4 is 26.3 Å². The molecule has 18 heavy (non-hydrogen) atoms. The van der Waals surface area contributed by atoms with Gasteiger partial charge in [-0.1, -0.05) is 0 Å². The van der Waals surface area contributed by atoms with Gasteiger partial charge in [-0.3, -0.25) is 0 Å². The summed E-state index contributed by atoms with van der Waals surface area (Å²) < 4.78 is 7.61. The zero-order chi connectivity index (χ0) is 12.3. The van der Waals surface area contributed by atoms with E-state index in [1.165, 1.54) is 11.3 Å². The van der Waals surface area contributed by atoms with Gasteiger partial charge in [0.15, 0.2) is 11.9 Å². The Balaban J connectivity index is 0.00000162. The quantitative estimate of drug-likeness (QED) is 0.727. The Hall–Kier alpha value is -1.35. The lowest BCUT2D eigenvalue weighted by Crippen LogP contribution is -3.00. The van der Waals surface area contributed by atoms with Crippen molar-refractivity contribution in [1.29, 1.82) is 0 Å². The van der Waals surface area contributed by atoms with Gasteiger partial charge in [0.25, 0.3) is 0 Å². The molecule has 2 nitrogen and oxygen atoms in total. The molecule has 2 rings (SSSR count). The van der Waals surface area contributed by atoms with Gasteiger partial charge in [-0.25, -0.2) is 0 Å². The first kappa shape index (κ1) is 14.7. The lowest BCUT2D eigenvalue weighted by atomic mass is 10.2. The first-order valence-corrected chi connectivity index (χ1v) is 5.93. The van der Waals surface area contributed by atoms with Crippen molar-refractivity contribution in [2.24, 2.45) is 0 Å². The molecule has 0 spiro atoms. The van der Waals surface area contributed by atoms with E-state index in [9.17, 15) is 0 Å². The van der Waals surface area contributed by atoms with Gasteiger partial charge in [-0.2, -0.15) is 4.57 Å². The first-order chi connectivity index (χ1) is 8.20. The molecule has 0 aliphatic heterocycles. The summed E-state index contributed by atoms with van der Waals surface area (Å²) in [5, 5.41) is 0. The van der Waals surface area contributed by atoms with Gasteiger partial charge in [-0.05, 0) is 31.5 Å². The maximum Gasteiger partial charge on any atom is 0.211 e. The summed E-state index contributed by atoms with van der Waals surface area (Å²) in [6.07, 6.45) is 2.10. The van der Waals surface area contributed by atoms with E-state index < -0.39 is 0 Å². The van der Waals surface area contributed by atoms with Gasteiger partial charge in [-0.15, -0.1) is 0 Å². The van der Waals surface area contributed by atoms with Gasteiger partial charge in [0.05, 0.1) is 6.61 Å². The molecule has 1 aromatic carbocycles. The molecule has 0 N–H and O–H groups in total. The summed E-state index contributed by atoms with van der Waals surface area (Å²) in [5.74, 6) is 0.918. The van der Waals surface area contributed by atoms with E-state index in [0.717, 1.165) is 11.4 Å². The minimum absolute atomic E-state index is 0. The molecule has 1 heterocycles. The van der Waals surface area contributed by atoms with Crippen molar-refractivity contribution in [1.82, 2.24) is 0 Å². The number of hydrogen-bond acceptors (Lipinski definition) is 1. The summed E-state index contributed by atoms with van der Waals surface area (Å²) in [4.78, 5) is 0. The minimum Gasteiger partial charge on any atom is -1.00 e. The molecule has 0 unspecified atom stereocenters. The van der Waals surface area contributed by atoms with E-state index in [0.29, 0.717) is 6.61 Å². The van der Waals surface area contributed by atoms with Gasteiger partial charge in [0, 0.05) is 31.2 Å². The van der Waals surface area contributed by atoms with E-state index in [2.05, 4.69) is 48.9 Å². The molecule has 0 saturated carbocycles. The van der Waals surface area contributed by atoms with Crippen LogP contribution in [0.25, 0.3) is 5.69 Å². The Morgan fingerprint density at radius 2 is 1.72 bits per heavy atom. The standard InChI is InChI=1S/C15H18NO.BrH/c1-4-17-15-7-5-14(6-8-15)16-10-9-12(2)11-13(16)3;/h5-11H,4H2,1-3H3;1H/q+1;/p-1. The minimum atomic E-state index is 0. The third-order valence-electron chi connectivity index (χ3n) is 2.73. The topological polar surface area (TPSA) is 13.1 Å². The lowest BCUT2D eigenvalue weighted by molar-refractivity contribution is -0.602. The van der Waals surface area contributed by atoms with Crippen LogP contribution in [0.5, 0.6) is 5.75 Å². The molecular formula is C15H18BrNO. The monoisotopic (exact) mass is 307 g/mol. The average molecular weight is 308 g/mol. The number of ether oxygens (including phenoxy) is 1. The Kier molecular flexibility index (Phi) is 5.35. The van der Waals surface area contributed by atoms with Crippen molar-refractivity contribution < 1.29 is 26.3 Å². The SMILES string of the molecule is CCOc1ccc(-[n+]2ccc(C)cc2C)cc1.[Br-]. The second-order valence-corrected chi connectivity index (χ2v) is 4.14. The largest absolute Gasteiger partial charge is 1.00 e. The number of pyridine rings is 1. The Bertz CT molecular complexity index is 508. The van der Waals surface area contributed by atoms with Crippen LogP contribution in [0.1, 0.15) is 18.2 Å². The van der Waals surface area contributed by atoms with Crippen molar-refractivity contribution in [2.45, 2.75) is 20.8 Å². The number of nitrogens with zero attached hydrogens (tertiary/aromatic N) is 1. The Morgan fingerprint density at radius 3 is 2.28 bits per heavy atom. The summed E-state index contributed by atoms with van der Waals surface area (Å²) in [6.45, 7) is 6.92. The lowest BCUT2D eigenvalue weighted by Gasteiger charge is -2.03. The van der Waals surface area contributed by atoms with Crippen LogP contribution in [-0.4, -0.2) is 6.61 Å². The zero-order valence-electron chi connectivity index (χ0n) is 11.0. The molecule has 0 atom stereocenters. The fourth-order valence-corrected chi connectivity index (χ4v) is 1.92. The Labute approximate surface area is 119 Å². The van der Waals surface area contributed by atoms with Crippen molar-refractivity contribution in [3.8, 4) is 11.4 Å². The van der Waals surface area contributed by atoms with Crippen LogP contribution in [0.15, 0.2) is 42.6 Å². The molecule has 0 bridgehead atoms. The second-order valence-electron chi connectivity index (χ2n) is 4.14. The highest BCUT2D eigenvalue weighted by Gasteiger charge is 2.09. The third kappa shape index (κ3) is 3.33. The van der Waals surface area contributed by atoms with Crippen LogP contribution in [0.3, 0.4) is 0 Å². The summed E-state index contributed by atoms with van der Waals surface area (Å²) in [7, 11) is 0. The van der Waals surface area contributed by atoms with Crippen molar-refractivity contribution in [2.75, 3.05) is 6.61 Å². The van der Waals surface area contributed by atoms with Crippen LogP contribution in [-0.2, 0) is 0 Å². The third-order valence-corrected chi connectivity index (χ3v) is 2.73. The maximum atomic E-state index is 5.44. The van der Waals surface area contributed by atoms with Crippen LogP contribution in [0, 0.1) is 13.8 Å². The van der Waals surface area contributed by atoms with Crippen molar-refractivity contribution >= 4 is 0 Å². The second kappa shape index (κ2) is 6.55. The highest BCUT2D eigenvalue weighted by molar-refractivity contribution is 5.32. The number of halogens is 1. The maximum absolute atomic E-state index is 5.44. The fraction of sp³-hybridized carbons (Fsp3) is 0.267. The first-order valence-electron chi connectivity index (χ1n) is 5.93. The molecule has 96 valence electrons. The Morgan fingerprint density at radius 1 is 1.06 bits per heavy atom. The molecule has 0 amide bonds. The molecule has 0 radical (unpaired) electrons. The highest BCUT2D eigenvalue weighted by Crippen LogP contribution is 2.12. The van der Waals surface area contributed by atoms with Crippen molar-refractivity contribution in [3.63, 3.8) is 0 Å². The van der Waals surface area contributed by atoms with E-state index in [-0.39, 0.29) is 17.0 Å².